The van der Waals surface area contributed by atoms with Crippen LogP contribution in [0.2, 0.25) is 0 Å². The van der Waals surface area contributed by atoms with Gasteiger partial charge in [-0.25, -0.2) is 13.4 Å². The Kier molecular flexibility index (Phi) is 3.30. The largest absolute Gasteiger partial charge is 0.440 e. The second kappa shape index (κ2) is 4.61. The van der Waals surface area contributed by atoms with Crippen LogP contribution >= 0.6 is 0 Å². The molecule has 0 aliphatic rings. The fourth-order valence-electron chi connectivity index (χ4n) is 1.62. The number of anilines is 1. The lowest BCUT2D eigenvalue weighted by atomic mass is 10.3. The number of rotatable bonds is 4. The van der Waals surface area contributed by atoms with Gasteiger partial charge in [0.2, 0.25) is 5.89 Å². The summed E-state index contributed by atoms with van der Waals surface area (Å²) in [5, 5.41) is -0.391. The molecular formula is C12H16N2O3S. The summed E-state index contributed by atoms with van der Waals surface area (Å²) in [4.78, 5) is 4.15. The zero-order valence-electron chi connectivity index (χ0n) is 10.4. The molecule has 1 atom stereocenters. The van der Waals surface area contributed by atoms with E-state index in [1.54, 1.807) is 25.1 Å². The van der Waals surface area contributed by atoms with Gasteiger partial charge in [-0.15, -0.1) is 0 Å². The van der Waals surface area contributed by atoms with Gasteiger partial charge in [0.25, 0.3) is 0 Å². The molecule has 0 radical (unpaired) electrons. The van der Waals surface area contributed by atoms with Gasteiger partial charge < -0.3 is 10.2 Å². The number of nitrogen functional groups attached to an aromatic ring is 1. The van der Waals surface area contributed by atoms with Gasteiger partial charge in [-0.05, 0) is 25.5 Å². The molecule has 2 rings (SSSR count). The molecule has 18 heavy (non-hydrogen) atoms. The van der Waals surface area contributed by atoms with Crippen LogP contribution in [0.4, 0.5) is 5.69 Å². The van der Waals surface area contributed by atoms with Crippen LogP contribution in [-0.4, -0.2) is 18.7 Å². The van der Waals surface area contributed by atoms with Gasteiger partial charge in [0.15, 0.2) is 15.4 Å². The summed E-state index contributed by atoms with van der Waals surface area (Å²) in [6.07, 6.45) is 0.579. The van der Waals surface area contributed by atoms with Crippen LogP contribution in [0.3, 0.4) is 0 Å². The first-order valence-corrected chi connectivity index (χ1v) is 7.50. The molecule has 0 bridgehead atoms. The van der Waals surface area contributed by atoms with Crippen LogP contribution in [0.5, 0.6) is 0 Å². The first-order chi connectivity index (χ1) is 8.42. The third-order valence-corrected chi connectivity index (χ3v) is 5.18. The Labute approximate surface area is 106 Å². The fourth-order valence-corrected chi connectivity index (χ4v) is 2.88. The van der Waals surface area contributed by atoms with E-state index in [2.05, 4.69) is 4.98 Å². The predicted molar refractivity (Wildman–Crippen MR) is 70.8 cm³/mol. The quantitative estimate of drug-likeness (QED) is 0.858. The molecule has 0 aliphatic heterocycles. The number of nitrogens with two attached hydrogens (primary N) is 1. The molecule has 5 nitrogen and oxygen atoms in total. The number of hydrogen-bond acceptors (Lipinski definition) is 5. The Hall–Kier alpha value is -1.56. The molecule has 0 aliphatic carbocycles. The summed E-state index contributed by atoms with van der Waals surface area (Å²) in [5.41, 5.74) is 7.33. The number of benzene rings is 1. The number of hydrogen-bond donors (Lipinski definition) is 1. The lowest BCUT2D eigenvalue weighted by Gasteiger charge is -2.07. The van der Waals surface area contributed by atoms with E-state index in [0.717, 1.165) is 0 Å². The molecule has 0 saturated heterocycles. The van der Waals surface area contributed by atoms with Gasteiger partial charge in [0.1, 0.15) is 11.3 Å². The van der Waals surface area contributed by atoms with Gasteiger partial charge in [-0.3, -0.25) is 0 Å². The molecule has 1 unspecified atom stereocenters. The molecule has 98 valence electrons. The Bertz CT molecular complexity index is 661. The van der Waals surface area contributed by atoms with E-state index in [1.165, 1.54) is 0 Å². The first kappa shape index (κ1) is 12.9. The van der Waals surface area contributed by atoms with Crippen molar-refractivity contribution in [2.75, 3.05) is 5.73 Å². The topological polar surface area (TPSA) is 86.2 Å². The van der Waals surface area contributed by atoms with E-state index < -0.39 is 15.1 Å². The Morgan fingerprint density at radius 1 is 1.44 bits per heavy atom. The van der Waals surface area contributed by atoms with Crippen LogP contribution in [0.15, 0.2) is 22.6 Å². The molecule has 1 aromatic carbocycles. The maximum atomic E-state index is 12.0. The zero-order chi connectivity index (χ0) is 13.3. The van der Waals surface area contributed by atoms with Crippen molar-refractivity contribution in [3.8, 4) is 0 Å². The van der Waals surface area contributed by atoms with Crippen LogP contribution in [0, 0.1) is 0 Å². The minimum absolute atomic E-state index is 0.170. The highest BCUT2D eigenvalue weighted by molar-refractivity contribution is 7.91. The van der Waals surface area contributed by atoms with Crippen LogP contribution in [0.1, 0.15) is 26.2 Å². The summed E-state index contributed by atoms with van der Waals surface area (Å²) in [5.74, 6) is 0.0484. The third-order valence-electron chi connectivity index (χ3n) is 2.97. The first-order valence-electron chi connectivity index (χ1n) is 5.79. The Morgan fingerprint density at radius 3 is 2.83 bits per heavy atom. The SMILES string of the molecule is CCC(C)S(=O)(=O)Cc1nc2ccc(N)cc2o1. The van der Waals surface area contributed by atoms with Crippen molar-refractivity contribution in [2.45, 2.75) is 31.3 Å². The highest BCUT2D eigenvalue weighted by Crippen LogP contribution is 2.21. The lowest BCUT2D eigenvalue weighted by Crippen LogP contribution is -2.18. The summed E-state index contributed by atoms with van der Waals surface area (Å²) in [6, 6.07) is 5.06. The fraction of sp³-hybridized carbons (Fsp3) is 0.417. The molecule has 2 aromatic rings. The lowest BCUT2D eigenvalue weighted by molar-refractivity contribution is 0.535. The molecule has 1 aromatic heterocycles. The molecule has 0 spiro atoms. The van der Waals surface area contributed by atoms with Gasteiger partial charge in [-0.2, -0.15) is 0 Å². The average Bonchev–Trinajstić information content (AvgIpc) is 2.68. The maximum Gasteiger partial charge on any atom is 0.210 e. The molecule has 0 saturated carbocycles. The third kappa shape index (κ3) is 2.48. The minimum atomic E-state index is -3.21. The smallest absolute Gasteiger partial charge is 0.210 e. The van der Waals surface area contributed by atoms with E-state index in [0.29, 0.717) is 23.2 Å². The van der Waals surface area contributed by atoms with Crippen molar-refractivity contribution in [1.82, 2.24) is 4.98 Å². The normalized spacial score (nSPS) is 13.9. The number of aromatic nitrogens is 1. The van der Waals surface area contributed by atoms with Crippen molar-refractivity contribution in [3.63, 3.8) is 0 Å². The van der Waals surface area contributed by atoms with E-state index in [1.807, 2.05) is 6.92 Å². The Balaban J connectivity index is 2.33. The minimum Gasteiger partial charge on any atom is -0.440 e. The van der Waals surface area contributed by atoms with Crippen molar-refractivity contribution >= 4 is 26.6 Å². The van der Waals surface area contributed by atoms with E-state index in [9.17, 15) is 8.42 Å². The highest BCUT2D eigenvalue weighted by atomic mass is 32.2. The van der Waals surface area contributed by atoms with Gasteiger partial charge in [-0.1, -0.05) is 6.92 Å². The summed E-state index contributed by atoms with van der Waals surface area (Å²) < 4.78 is 29.3. The van der Waals surface area contributed by atoms with Crippen LogP contribution < -0.4 is 5.73 Å². The number of fused-ring (bicyclic) bond motifs is 1. The second-order valence-corrected chi connectivity index (χ2v) is 6.78. The summed E-state index contributed by atoms with van der Waals surface area (Å²) >= 11 is 0. The number of sulfone groups is 1. The molecular weight excluding hydrogens is 252 g/mol. The number of nitrogens with zero attached hydrogens (tertiary/aromatic N) is 1. The van der Waals surface area contributed by atoms with Crippen molar-refractivity contribution in [2.24, 2.45) is 0 Å². The Morgan fingerprint density at radius 2 is 2.17 bits per heavy atom. The molecule has 6 heteroatoms. The second-order valence-electron chi connectivity index (χ2n) is 4.36. The summed E-state index contributed by atoms with van der Waals surface area (Å²) in [7, 11) is -3.21. The molecule has 0 amide bonds. The van der Waals surface area contributed by atoms with Gasteiger partial charge >= 0.3 is 0 Å². The van der Waals surface area contributed by atoms with Crippen LogP contribution in [-0.2, 0) is 15.6 Å². The van der Waals surface area contributed by atoms with Crippen LogP contribution in [0.25, 0.3) is 11.1 Å². The summed E-state index contributed by atoms with van der Waals surface area (Å²) in [6.45, 7) is 3.53. The molecule has 1 heterocycles. The number of oxazole rings is 1. The van der Waals surface area contributed by atoms with E-state index in [-0.39, 0.29) is 11.6 Å². The average molecular weight is 268 g/mol. The monoisotopic (exact) mass is 268 g/mol. The van der Waals surface area contributed by atoms with Crippen molar-refractivity contribution < 1.29 is 12.8 Å². The van der Waals surface area contributed by atoms with Crippen molar-refractivity contribution in [3.05, 3.63) is 24.1 Å². The maximum absolute atomic E-state index is 12.0. The van der Waals surface area contributed by atoms with E-state index in [4.69, 9.17) is 10.2 Å². The predicted octanol–water partition coefficient (Wildman–Crippen LogP) is 2.12. The van der Waals surface area contributed by atoms with E-state index >= 15 is 0 Å². The highest BCUT2D eigenvalue weighted by Gasteiger charge is 2.22. The molecule has 0 fully saturated rings. The standard InChI is InChI=1S/C12H16N2O3S/c1-3-8(2)18(15,16)7-12-14-10-5-4-9(13)6-11(10)17-12/h4-6,8H,3,7,13H2,1-2H3. The molecule has 2 N–H and O–H groups in total. The van der Waals surface area contributed by atoms with Gasteiger partial charge in [0.05, 0.1) is 5.25 Å². The zero-order valence-corrected chi connectivity index (χ0v) is 11.2. The van der Waals surface area contributed by atoms with Crippen molar-refractivity contribution in [1.29, 1.82) is 0 Å². The van der Waals surface area contributed by atoms with Gasteiger partial charge in [0, 0.05) is 11.8 Å².